The quantitative estimate of drug-likeness (QED) is 0.640. The fraction of sp³-hybridized carbons (Fsp3) is 0.143. The zero-order valence-electron chi connectivity index (χ0n) is 10.9. The zero-order valence-corrected chi connectivity index (χ0v) is 10.9. The Hall–Kier alpha value is -2.60. The maximum absolute atomic E-state index is 11.8. The fourth-order valence-corrected chi connectivity index (χ4v) is 1.51. The molecule has 6 heteroatoms. The third-order valence-corrected chi connectivity index (χ3v) is 2.55. The summed E-state index contributed by atoms with van der Waals surface area (Å²) >= 11 is 0. The number of carbonyl (C=O) groups excluding carboxylic acids is 1. The van der Waals surface area contributed by atoms with Crippen LogP contribution in [0.25, 0.3) is 0 Å². The second-order valence-corrected chi connectivity index (χ2v) is 3.89. The van der Waals surface area contributed by atoms with Crippen molar-refractivity contribution in [3.05, 3.63) is 53.5 Å². The van der Waals surface area contributed by atoms with Gasteiger partial charge < -0.3 is 14.3 Å². The van der Waals surface area contributed by atoms with Gasteiger partial charge in [0.2, 0.25) is 0 Å². The number of hydrogen-bond acceptors (Lipinski definition) is 5. The molecule has 0 aliphatic rings. The van der Waals surface area contributed by atoms with Gasteiger partial charge in [-0.1, -0.05) is 0 Å². The molecule has 1 aromatic carbocycles. The number of furan rings is 1. The topological polar surface area (TPSA) is 84.1 Å². The summed E-state index contributed by atoms with van der Waals surface area (Å²) in [6.07, 6.45) is 1.36. The van der Waals surface area contributed by atoms with Crippen molar-refractivity contribution in [2.24, 2.45) is 5.10 Å². The minimum Gasteiger partial charge on any atom is -0.497 e. The van der Waals surface area contributed by atoms with E-state index in [9.17, 15) is 4.79 Å². The number of rotatable bonds is 5. The Balaban J connectivity index is 1.93. The van der Waals surface area contributed by atoms with Gasteiger partial charge in [-0.3, -0.25) is 4.79 Å². The molecule has 0 radical (unpaired) electrons. The molecule has 2 rings (SSSR count). The highest BCUT2D eigenvalue weighted by Gasteiger charge is 2.04. The molecule has 0 saturated heterocycles. The number of amides is 1. The molecule has 0 bridgehead atoms. The average molecular weight is 274 g/mol. The molecule has 2 aromatic rings. The van der Waals surface area contributed by atoms with Gasteiger partial charge >= 0.3 is 0 Å². The lowest BCUT2D eigenvalue weighted by Crippen LogP contribution is -2.17. The third-order valence-electron chi connectivity index (χ3n) is 2.55. The summed E-state index contributed by atoms with van der Waals surface area (Å²) in [4.78, 5) is 11.8. The molecule has 2 N–H and O–H groups in total. The maximum atomic E-state index is 11.8. The summed E-state index contributed by atoms with van der Waals surface area (Å²) in [5, 5.41) is 12.6. The lowest BCUT2D eigenvalue weighted by atomic mass is 10.2. The third kappa shape index (κ3) is 3.46. The van der Waals surface area contributed by atoms with E-state index < -0.39 is 0 Å². The Bertz CT molecular complexity index is 602. The number of aliphatic hydroxyl groups is 1. The predicted octanol–water partition coefficient (Wildman–Crippen LogP) is 1.54. The summed E-state index contributed by atoms with van der Waals surface area (Å²) in [5.74, 6) is 1.23. The summed E-state index contributed by atoms with van der Waals surface area (Å²) < 4.78 is 10.2. The predicted molar refractivity (Wildman–Crippen MR) is 72.7 cm³/mol. The highest BCUT2D eigenvalue weighted by atomic mass is 16.5. The lowest BCUT2D eigenvalue weighted by molar-refractivity contribution is 0.0955. The molecule has 0 atom stereocenters. The van der Waals surface area contributed by atoms with Crippen LogP contribution in [0.2, 0.25) is 0 Å². The van der Waals surface area contributed by atoms with Gasteiger partial charge in [-0.2, -0.15) is 5.10 Å². The lowest BCUT2D eigenvalue weighted by Gasteiger charge is -2.01. The number of hydrazone groups is 1. The van der Waals surface area contributed by atoms with Gasteiger partial charge in [-0.25, -0.2) is 5.43 Å². The second-order valence-electron chi connectivity index (χ2n) is 3.89. The number of ether oxygens (including phenoxy) is 1. The first-order valence-electron chi connectivity index (χ1n) is 5.90. The van der Waals surface area contributed by atoms with Crippen LogP contribution in [-0.2, 0) is 6.61 Å². The molecular weight excluding hydrogens is 260 g/mol. The highest BCUT2D eigenvalue weighted by Crippen LogP contribution is 2.11. The van der Waals surface area contributed by atoms with E-state index in [-0.39, 0.29) is 12.5 Å². The molecule has 104 valence electrons. The summed E-state index contributed by atoms with van der Waals surface area (Å²) in [6, 6.07) is 9.94. The van der Waals surface area contributed by atoms with Gasteiger partial charge in [0.15, 0.2) is 0 Å². The van der Waals surface area contributed by atoms with Crippen molar-refractivity contribution < 1.29 is 19.1 Å². The Kier molecular flexibility index (Phi) is 4.52. The van der Waals surface area contributed by atoms with Crippen molar-refractivity contribution in [2.75, 3.05) is 7.11 Å². The van der Waals surface area contributed by atoms with Crippen molar-refractivity contribution in [2.45, 2.75) is 6.61 Å². The molecule has 20 heavy (non-hydrogen) atoms. The molecule has 0 spiro atoms. The van der Waals surface area contributed by atoms with Crippen LogP contribution >= 0.6 is 0 Å². The number of carbonyl (C=O) groups is 1. The Morgan fingerprint density at radius 2 is 2.10 bits per heavy atom. The molecular formula is C14H14N2O4. The minimum absolute atomic E-state index is 0.175. The summed E-state index contributed by atoms with van der Waals surface area (Å²) in [5.41, 5.74) is 2.85. The number of aliphatic hydroxyl groups excluding tert-OH is 1. The van der Waals surface area contributed by atoms with Gasteiger partial charge in [0.1, 0.15) is 23.9 Å². The van der Waals surface area contributed by atoms with Gasteiger partial charge in [-0.05, 0) is 36.4 Å². The van der Waals surface area contributed by atoms with E-state index in [1.165, 1.54) is 6.21 Å². The highest BCUT2D eigenvalue weighted by molar-refractivity contribution is 5.94. The van der Waals surface area contributed by atoms with Gasteiger partial charge in [0, 0.05) is 5.56 Å². The molecule has 0 fully saturated rings. The molecule has 0 aliphatic heterocycles. The van der Waals surface area contributed by atoms with Crippen LogP contribution in [0.4, 0.5) is 0 Å². The van der Waals surface area contributed by atoms with E-state index in [4.69, 9.17) is 14.3 Å². The van der Waals surface area contributed by atoms with Crippen LogP contribution < -0.4 is 10.2 Å². The smallest absolute Gasteiger partial charge is 0.271 e. The molecule has 6 nitrogen and oxygen atoms in total. The van der Waals surface area contributed by atoms with Crippen molar-refractivity contribution in [1.82, 2.24) is 5.43 Å². The van der Waals surface area contributed by atoms with Crippen LogP contribution in [0.3, 0.4) is 0 Å². The van der Waals surface area contributed by atoms with E-state index >= 15 is 0 Å². The van der Waals surface area contributed by atoms with Crippen LogP contribution in [0.15, 0.2) is 45.9 Å². The number of hydrogen-bond donors (Lipinski definition) is 2. The first-order chi connectivity index (χ1) is 9.72. The van der Waals surface area contributed by atoms with Crippen molar-refractivity contribution >= 4 is 12.1 Å². The Morgan fingerprint density at radius 3 is 2.70 bits per heavy atom. The Morgan fingerprint density at radius 1 is 1.35 bits per heavy atom. The fourth-order valence-electron chi connectivity index (χ4n) is 1.51. The molecule has 0 aliphatic carbocycles. The number of nitrogens with zero attached hydrogens (tertiary/aromatic N) is 1. The molecule has 0 unspecified atom stereocenters. The van der Waals surface area contributed by atoms with Gasteiger partial charge in [0.05, 0.1) is 13.3 Å². The average Bonchev–Trinajstić information content (AvgIpc) is 2.95. The molecule has 1 aromatic heterocycles. The first kappa shape index (κ1) is 13.8. The summed E-state index contributed by atoms with van der Waals surface area (Å²) in [7, 11) is 1.56. The van der Waals surface area contributed by atoms with Crippen LogP contribution in [0.5, 0.6) is 5.75 Å². The van der Waals surface area contributed by atoms with E-state index in [0.29, 0.717) is 22.8 Å². The van der Waals surface area contributed by atoms with E-state index in [0.717, 1.165) is 0 Å². The SMILES string of the molecule is COc1ccc(C(=O)N/N=C/c2ccc(CO)o2)cc1. The normalized spacial score (nSPS) is 10.7. The molecule has 0 saturated carbocycles. The van der Waals surface area contributed by atoms with E-state index in [1.807, 2.05) is 0 Å². The Labute approximate surface area is 115 Å². The van der Waals surface area contributed by atoms with Gasteiger partial charge in [-0.15, -0.1) is 0 Å². The first-order valence-corrected chi connectivity index (χ1v) is 5.90. The largest absolute Gasteiger partial charge is 0.497 e. The molecule has 1 heterocycles. The standard InChI is InChI=1S/C14H14N2O4/c1-19-11-4-2-10(3-5-11)14(18)16-15-8-12-6-7-13(9-17)20-12/h2-8,17H,9H2,1H3,(H,16,18)/b15-8+. The van der Waals surface area contributed by atoms with Crippen LogP contribution in [-0.4, -0.2) is 24.3 Å². The van der Waals surface area contributed by atoms with E-state index in [1.54, 1.807) is 43.5 Å². The monoisotopic (exact) mass is 274 g/mol. The zero-order chi connectivity index (χ0) is 14.4. The van der Waals surface area contributed by atoms with Gasteiger partial charge in [0.25, 0.3) is 5.91 Å². The van der Waals surface area contributed by atoms with Crippen LogP contribution in [0.1, 0.15) is 21.9 Å². The second kappa shape index (κ2) is 6.53. The molecule has 1 amide bonds. The van der Waals surface area contributed by atoms with Crippen molar-refractivity contribution in [3.63, 3.8) is 0 Å². The number of nitrogens with one attached hydrogen (secondary N) is 1. The van der Waals surface area contributed by atoms with Crippen LogP contribution in [0, 0.1) is 0 Å². The van der Waals surface area contributed by atoms with Crippen molar-refractivity contribution in [1.29, 1.82) is 0 Å². The summed E-state index contributed by atoms with van der Waals surface area (Å²) in [6.45, 7) is -0.175. The number of methoxy groups -OCH3 is 1. The maximum Gasteiger partial charge on any atom is 0.271 e. The minimum atomic E-state index is -0.335. The van der Waals surface area contributed by atoms with Crippen molar-refractivity contribution in [3.8, 4) is 5.75 Å². The van der Waals surface area contributed by atoms with E-state index in [2.05, 4.69) is 10.5 Å². The number of benzene rings is 1.